The summed E-state index contributed by atoms with van der Waals surface area (Å²) >= 11 is 0. The van der Waals surface area contributed by atoms with Crippen LogP contribution in [0, 0.1) is 5.92 Å². The van der Waals surface area contributed by atoms with Crippen LogP contribution in [-0.2, 0) is 4.79 Å². The Balaban J connectivity index is 1.41. The molecule has 132 valence electrons. The Labute approximate surface area is 144 Å². The van der Waals surface area contributed by atoms with Crippen LogP contribution in [0.4, 0.5) is 11.6 Å². The van der Waals surface area contributed by atoms with Crippen molar-refractivity contribution >= 4 is 17.5 Å². The molecule has 2 N–H and O–H groups in total. The summed E-state index contributed by atoms with van der Waals surface area (Å²) in [5.74, 6) is 2.81. The number of nitrogens with one attached hydrogen (secondary N) is 2. The van der Waals surface area contributed by atoms with Gasteiger partial charge in [0.05, 0.1) is 0 Å². The lowest BCUT2D eigenvalue weighted by molar-refractivity contribution is -0.121. The zero-order valence-electron chi connectivity index (χ0n) is 14.6. The van der Waals surface area contributed by atoms with Crippen LogP contribution in [0.3, 0.4) is 0 Å². The molecular weight excluding hydrogens is 302 g/mol. The third-order valence-corrected chi connectivity index (χ3v) is 4.87. The first-order chi connectivity index (χ1) is 11.7. The van der Waals surface area contributed by atoms with E-state index >= 15 is 0 Å². The Kier molecular flexibility index (Phi) is 5.88. The maximum absolute atomic E-state index is 11.8. The third-order valence-electron chi connectivity index (χ3n) is 4.87. The van der Waals surface area contributed by atoms with Crippen LogP contribution in [0.25, 0.3) is 0 Å². The number of aromatic nitrogens is 2. The molecule has 1 aromatic heterocycles. The van der Waals surface area contributed by atoms with Gasteiger partial charge in [-0.2, -0.15) is 0 Å². The smallest absolute Gasteiger partial charge is 0.220 e. The molecule has 1 saturated carbocycles. The summed E-state index contributed by atoms with van der Waals surface area (Å²) in [6.07, 6.45) is 9.02. The molecule has 1 aliphatic carbocycles. The van der Waals surface area contributed by atoms with E-state index in [0.29, 0.717) is 18.4 Å². The molecule has 2 heterocycles. The molecular formula is C18H29N5O. The van der Waals surface area contributed by atoms with Crippen molar-refractivity contribution in [2.45, 2.75) is 57.9 Å². The highest BCUT2D eigenvalue weighted by molar-refractivity contribution is 5.76. The zero-order valence-corrected chi connectivity index (χ0v) is 14.6. The lowest BCUT2D eigenvalue weighted by Gasteiger charge is -2.32. The van der Waals surface area contributed by atoms with E-state index in [1.54, 1.807) is 6.33 Å². The molecule has 0 radical (unpaired) electrons. The monoisotopic (exact) mass is 331 g/mol. The molecule has 0 spiro atoms. The molecule has 2 aliphatic rings. The molecule has 0 unspecified atom stereocenters. The number of carbonyl (C=O) groups excluding carboxylic acids is 1. The molecule has 6 heteroatoms. The van der Waals surface area contributed by atoms with Crippen molar-refractivity contribution in [1.82, 2.24) is 15.3 Å². The summed E-state index contributed by atoms with van der Waals surface area (Å²) in [6, 6.07) is 2.52. The Hall–Kier alpha value is -1.85. The number of amides is 1. The lowest BCUT2D eigenvalue weighted by atomic mass is 9.92. The minimum absolute atomic E-state index is 0.238. The highest BCUT2D eigenvalue weighted by atomic mass is 16.1. The molecule has 1 amide bonds. The normalized spacial score (nSPS) is 18.5. The van der Waals surface area contributed by atoms with Crippen molar-refractivity contribution in [2.24, 2.45) is 5.92 Å². The van der Waals surface area contributed by atoms with Gasteiger partial charge in [-0.25, -0.2) is 9.97 Å². The fourth-order valence-corrected chi connectivity index (χ4v) is 3.18. The Morgan fingerprint density at radius 3 is 2.75 bits per heavy atom. The van der Waals surface area contributed by atoms with Gasteiger partial charge < -0.3 is 15.5 Å². The Morgan fingerprint density at radius 1 is 1.25 bits per heavy atom. The average Bonchev–Trinajstić information content (AvgIpc) is 3.43. The van der Waals surface area contributed by atoms with E-state index in [9.17, 15) is 4.79 Å². The maximum Gasteiger partial charge on any atom is 0.220 e. The van der Waals surface area contributed by atoms with Crippen LogP contribution in [-0.4, -0.2) is 41.6 Å². The first-order valence-electron chi connectivity index (χ1n) is 9.35. The number of piperidine rings is 1. The minimum Gasteiger partial charge on any atom is -0.370 e. The van der Waals surface area contributed by atoms with Gasteiger partial charge in [0.25, 0.3) is 0 Å². The predicted octanol–water partition coefficient (Wildman–Crippen LogP) is 2.57. The van der Waals surface area contributed by atoms with Gasteiger partial charge in [0.2, 0.25) is 5.91 Å². The zero-order chi connectivity index (χ0) is 16.8. The van der Waals surface area contributed by atoms with Crippen LogP contribution in [0.15, 0.2) is 12.4 Å². The molecule has 0 bridgehead atoms. The van der Waals surface area contributed by atoms with Gasteiger partial charge in [0, 0.05) is 38.2 Å². The van der Waals surface area contributed by atoms with Gasteiger partial charge in [-0.1, -0.05) is 6.92 Å². The van der Waals surface area contributed by atoms with E-state index in [1.807, 2.05) is 6.07 Å². The first kappa shape index (κ1) is 17.0. The summed E-state index contributed by atoms with van der Waals surface area (Å²) in [7, 11) is 0. The number of nitrogens with zero attached hydrogens (tertiary/aromatic N) is 3. The summed E-state index contributed by atoms with van der Waals surface area (Å²) < 4.78 is 0. The van der Waals surface area contributed by atoms with Crippen LogP contribution in [0.5, 0.6) is 0 Å². The number of hydrogen-bond donors (Lipinski definition) is 2. The molecule has 2 fully saturated rings. The van der Waals surface area contributed by atoms with Crippen LogP contribution in [0.2, 0.25) is 0 Å². The molecule has 0 atom stereocenters. The van der Waals surface area contributed by atoms with Crippen molar-refractivity contribution in [3.8, 4) is 0 Å². The lowest BCUT2D eigenvalue weighted by Crippen LogP contribution is -2.35. The van der Waals surface area contributed by atoms with Gasteiger partial charge in [-0.3, -0.25) is 4.79 Å². The second-order valence-electron chi connectivity index (χ2n) is 7.00. The number of hydrogen-bond acceptors (Lipinski definition) is 5. The Morgan fingerprint density at radius 2 is 2.04 bits per heavy atom. The van der Waals surface area contributed by atoms with Crippen molar-refractivity contribution in [3.05, 3.63) is 12.4 Å². The standard InChI is InChI=1S/C18H29N5O/c1-2-9-19-16-12-17(21-13-20-16)23-10-7-14(8-11-23)3-6-18(24)22-15-4-5-15/h12-15H,2-11H2,1H3,(H,22,24)(H,19,20,21). The second kappa shape index (κ2) is 8.31. The van der Waals surface area contributed by atoms with E-state index in [1.165, 1.54) is 0 Å². The van der Waals surface area contributed by atoms with E-state index in [-0.39, 0.29) is 5.91 Å². The first-order valence-corrected chi connectivity index (χ1v) is 9.35. The van der Waals surface area contributed by atoms with Gasteiger partial charge in [-0.05, 0) is 44.4 Å². The molecule has 1 saturated heterocycles. The summed E-state index contributed by atoms with van der Waals surface area (Å²) in [4.78, 5) is 22.8. The van der Waals surface area contributed by atoms with Gasteiger partial charge in [-0.15, -0.1) is 0 Å². The number of anilines is 2. The van der Waals surface area contributed by atoms with Crippen molar-refractivity contribution in [1.29, 1.82) is 0 Å². The molecule has 0 aromatic carbocycles. The van der Waals surface area contributed by atoms with Gasteiger partial charge in [0.15, 0.2) is 0 Å². The van der Waals surface area contributed by atoms with Crippen LogP contribution >= 0.6 is 0 Å². The maximum atomic E-state index is 11.8. The molecule has 6 nitrogen and oxygen atoms in total. The topological polar surface area (TPSA) is 70.2 Å². The van der Waals surface area contributed by atoms with Crippen molar-refractivity contribution in [2.75, 3.05) is 29.9 Å². The summed E-state index contributed by atoms with van der Waals surface area (Å²) in [5, 5.41) is 6.39. The van der Waals surface area contributed by atoms with E-state index < -0.39 is 0 Å². The van der Waals surface area contributed by atoms with E-state index in [2.05, 4.69) is 32.4 Å². The average molecular weight is 331 g/mol. The molecule has 1 aromatic rings. The summed E-state index contributed by atoms with van der Waals surface area (Å²) in [6.45, 7) is 5.10. The van der Waals surface area contributed by atoms with Gasteiger partial charge >= 0.3 is 0 Å². The highest BCUT2D eigenvalue weighted by Crippen LogP contribution is 2.26. The third kappa shape index (κ3) is 5.08. The largest absolute Gasteiger partial charge is 0.370 e. The number of rotatable bonds is 8. The van der Waals surface area contributed by atoms with Crippen LogP contribution in [0.1, 0.15) is 51.9 Å². The van der Waals surface area contributed by atoms with Crippen molar-refractivity contribution < 1.29 is 4.79 Å². The highest BCUT2D eigenvalue weighted by Gasteiger charge is 2.25. The fraction of sp³-hybridized carbons (Fsp3) is 0.722. The molecule has 3 rings (SSSR count). The summed E-state index contributed by atoms with van der Waals surface area (Å²) in [5.41, 5.74) is 0. The van der Waals surface area contributed by atoms with E-state index in [0.717, 1.165) is 69.8 Å². The molecule has 1 aliphatic heterocycles. The quantitative estimate of drug-likeness (QED) is 0.766. The molecule has 24 heavy (non-hydrogen) atoms. The predicted molar refractivity (Wildman–Crippen MR) is 96.1 cm³/mol. The van der Waals surface area contributed by atoms with E-state index in [4.69, 9.17) is 0 Å². The van der Waals surface area contributed by atoms with Gasteiger partial charge in [0.1, 0.15) is 18.0 Å². The minimum atomic E-state index is 0.238. The van der Waals surface area contributed by atoms with Crippen LogP contribution < -0.4 is 15.5 Å². The SMILES string of the molecule is CCCNc1cc(N2CCC(CCC(=O)NC3CC3)CC2)ncn1. The number of carbonyl (C=O) groups is 1. The fourth-order valence-electron chi connectivity index (χ4n) is 3.18. The Bertz CT molecular complexity index is 538. The van der Waals surface area contributed by atoms with Crippen molar-refractivity contribution in [3.63, 3.8) is 0 Å². The second-order valence-corrected chi connectivity index (χ2v) is 7.00.